The topological polar surface area (TPSA) is 110 Å². The molecule has 34 heavy (non-hydrogen) atoms. The summed E-state index contributed by atoms with van der Waals surface area (Å²) in [6.45, 7) is 4.00. The highest BCUT2D eigenvalue weighted by molar-refractivity contribution is 8.00. The Morgan fingerprint density at radius 1 is 1.15 bits per heavy atom. The van der Waals surface area contributed by atoms with Gasteiger partial charge in [-0.2, -0.15) is 0 Å². The van der Waals surface area contributed by atoms with Crippen LogP contribution < -0.4 is 4.90 Å². The molecule has 0 saturated carbocycles. The maximum atomic E-state index is 13.4. The van der Waals surface area contributed by atoms with Crippen molar-refractivity contribution in [2.45, 2.75) is 38.7 Å². The Labute approximate surface area is 200 Å². The van der Waals surface area contributed by atoms with Crippen molar-refractivity contribution >= 4 is 41.3 Å². The van der Waals surface area contributed by atoms with E-state index in [1.807, 2.05) is 0 Å². The number of benzene rings is 2. The van der Waals surface area contributed by atoms with Crippen LogP contribution in [-0.4, -0.2) is 41.3 Å². The van der Waals surface area contributed by atoms with E-state index < -0.39 is 35.2 Å². The summed E-state index contributed by atoms with van der Waals surface area (Å²) >= 11 is 1.37. The number of aromatic carboxylic acids is 1. The van der Waals surface area contributed by atoms with Gasteiger partial charge in [-0.25, -0.2) is 9.18 Å². The second-order valence-corrected chi connectivity index (χ2v) is 8.75. The fourth-order valence-electron chi connectivity index (χ4n) is 3.91. The van der Waals surface area contributed by atoms with Crippen molar-refractivity contribution in [3.63, 3.8) is 0 Å². The van der Waals surface area contributed by atoms with Crippen molar-refractivity contribution in [2.24, 2.45) is 0 Å². The lowest BCUT2D eigenvalue weighted by molar-refractivity contribution is -0.149. The van der Waals surface area contributed by atoms with Crippen molar-refractivity contribution in [3.05, 3.63) is 64.5 Å². The fraction of sp³-hybridized carbons (Fsp3) is 0.333. The molecule has 1 aliphatic rings. The third-order valence-corrected chi connectivity index (χ3v) is 6.53. The smallest absolute Gasteiger partial charge is 0.336 e. The van der Waals surface area contributed by atoms with Gasteiger partial charge in [0.25, 0.3) is 0 Å². The Kier molecular flexibility index (Phi) is 7.93. The SMILES string of the molecule is CC(=O)OCCC(OC(C)=O)c1c(C(=O)O)ccc(N2C(=O)CSC2c2ccc(F)cc2)c1C. The summed E-state index contributed by atoms with van der Waals surface area (Å²) in [5, 5.41) is 9.36. The highest BCUT2D eigenvalue weighted by Gasteiger charge is 2.36. The van der Waals surface area contributed by atoms with Crippen molar-refractivity contribution in [1.29, 1.82) is 0 Å². The Bertz CT molecular complexity index is 1120. The summed E-state index contributed by atoms with van der Waals surface area (Å²) in [6, 6.07) is 8.73. The third-order valence-electron chi connectivity index (χ3n) is 5.31. The minimum Gasteiger partial charge on any atom is -0.478 e. The van der Waals surface area contributed by atoms with Gasteiger partial charge in [0.1, 0.15) is 17.3 Å². The molecular weight excluding hydrogens is 465 g/mol. The molecule has 2 unspecified atom stereocenters. The van der Waals surface area contributed by atoms with E-state index in [0.29, 0.717) is 16.8 Å². The van der Waals surface area contributed by atoms with Crippen LogP contribution in [0.25, 0.3) is 0 Å². The van der Waals surface area contributed by atoms with Crippen LogP contribution in [0, 0.1) is 12.7 Å². The zero-order valence-corrected chi connectivity index (χ0v) is 19.7. The van der Waals surface area contributed by atoms with E-state index in [0.717, 1.165) is 0 Å². The number of carboxylic acids is 1. The minimum absolute atomic E-state index is 0.0355. The van der Waals surface area contributed by atoms with Gasteiger partial charge in [0.05, 0.1) is 17.9 Å². The van der Waals surface area contributed by atoms with Gasteiger partial charge >= 0.3 is 17.9 Å². The number of carbonyl (C=O) groups is 4. The highest BCUT2D eigenvalue weighted by Crippen LogP contribution is 2.44. The molecule has 1 aliphatic heterocycles. The van der Waals surface area contributed by atoms with Crippen molar-refractivity contribution in [2.75, 3.05) is 17.3 Å². The largest absolute Gasteiger partial charge is 0.478 e. The number of halogens is 1. The number of carboxylic acid groups (broad SMARTS) is 1. The number of hydrogen-bond donors (Lipinski definition) is 1. The molecule has 2 aromatic carbocycles. The van der Waals surface area contributed by atoms with Gasteiger partial charge in [0, 0.05) is 31.5 Å². The van der Waals surface area contributed by atoms with E-state index >= 15 is 0 Å². The van der Waals surface area contributed by atoms with Gasteiger partial charge in [-0.1, -0.05) is 12.1 Å². The average Bonchev–Trinajstić information content (AvgIpc) is 3.14. The highest BCUT2D eigenvalue weighted by atomic mass is 32.2. The molecule has 1 fully saturated rings. The fourth-order valence-corrected chi connectivity index (χ4v) is 5.08. The maximum Gasteiger partial charge on any atom is 0.336 e. The Morgan fingerprint density at radius 3 is 2.41 bits per heavy atom. The van der Waals surface area contributed by atoms with Crippen LogP contribution in [0.2, 0.25) is 0 Å². The first-order valence-electron chi connectivity index (χ1n) is 10.5. The number of rotatable bonds is 8. The zero-order valence-electron chi connectivity index (χ0n) is 18.9. The van der Waals surface area contributed by atoms with E-state index in [-0.39, 0.29) is 35.8 Å². The molecular formula is C24H24FNO7S. The predicted octanol–water partition coefficient (Wildman–Crippen LogP) is 4.17. The van der Waals surface area contributed by atoms with Gasteiger partial charge in [0.15, 0.2) is 0 Å². The molecule has 1 N–H and O–H groups in total. The number of carbonyl (C=O) groups excluding carboxylic acids is 3. The summed E-state index contributed by atoms with van der Waals surface area (Å²) < 4.78 is 23.8. The minimum atomic E-state index is -1.23. The lowest BCUT2D eigenvalue weighted by Gasteiger charge is -2.29. The number of anilines is 1. The molecule has 10 heteroatoms. The molecule has 180 valence electrons. The van der Waals surface area contributed by atoms with E-state index in [2.05, 4.69) is 0 Å². The Morgan fingerprint density at radius 2 is 1.82 bits per heavy atom. The molecule has 3 rings (SSSR count). The van der Waals surface area contributed by atoms with Crippen molar-refractivity contribution in [1.82, 2.24) is 0 Å². The summed E-state index contributed by atoms with van der Waals surface area (Å²) in [5.41, 5.74) is 1.74. The molecule has 8 nitrogen and oxygen atoms in total. The van der Waals surface area contributed by atoms with Crippen LogP contribution >= 0.6 is 11.8 Å². The molecule has 1 amide bonds. The molecule has 0 aromatic heterocycles. The number of ether oxygens (including phenoxy) is 2. The summed E-state index contributed by atoms with van der Waals surface area (Å²) in [6.07, 6.45) is -0.981. The van der Waals surface area contributed by atoms with Crippen LogP contribution in [0.5, 0.6) is 0 Å². The summed E-state index contributed by atoms with van der Waals surface area (Å²) in [4.78, 5) is 49.4. The first kappa shape index (κ1) is 25.2. The van der Waals surface area contributed by atoms with Gasteiger partial charge in [-0.05, 0) is 42.3 Å². The maximum absolute atomic E-state index is 13.4. The lowest BCUT2D eigenvalue weighted by Crippen LogP contribution is -2.29. The first-order chi connectivity index (χ1) is 16.1. The molecule has 2 atom stereocenters. The average molecular weight is 490 g/mol. The second-order valence-electron chi connectivity index (χ2n) is 7.68. The summed E-state index contributed by atoms with van der Waals surface area (Å²) in [5.74, 6) is -2.78. The normalized spacial score (nSPS) is 16.3. The first-order valence-corrected chi connectivity index (χ1v) is 11.5. The number of thioether (sulfide) groups is 1. The quantitative estimate of drug-likeness (QED) is 0.550. The van der Waals surface area contributed by atoms with Crippen LogP contribution in [0.15, 0.2) is 36.4 Å². The number of esters is 2. The lowest BCUT2D eigenvalue weighted by atomic mass is 9.93. The molecule has 0 radical (unpaired) electrons. The predicted molar refractivity (Wildman–Crippen MR) is 123 cm³/mol. The number of hydrogen-bond acceptors (Lipinski definition) is 7. The monoisotopic (exact) mass is 489 g/mol. The van der Waals surface area contributed by atoms with Crippen LogP contribution in [0.3, 0.4) is 0 Å². The van der Waals surface area contributed by atoms with Gasteiger partial charge in [0.2, 0.25) is 5.91 Å². The van der Waals surface area contributed by atoms with E-state index in [4.69, 9.17) is 9.47 Å². The van der Waals surface area contributed by atoms with Crippen LogP contribution in [0.4, 0.5) is 10.1 Å². The Balaban J connectivity index is 2.09. The number of nitrogens with zero attached hydrogens (tertiary/aromatic N) is 1. The molecule has 0 bridgehead atoms. The van der Waals surface area contributed by atoms with Crippen molar-refractivity contribution < 1.29 is 38.1 Å². The number of amides is 1. The van der Waals surface area contributed by atoms with Gasteiger partial charge in [-0.15, -0.1) is 11.8 Å². The summed E-state index contributed by atoms with van der Waals surface area (Å²) in [7, 11) is 0. The standard InChI is InChI=1S/C24H24FNO7S/c1-13-19(26-21(29)12-34-23(26)16-4-6-17(25)7-5-16)9-8-18(24(30)31)22(13)20(33-15(3)28)10-11-32-14(2)27/h4-9,20,23H,10-12H2,1-3H3,(H,30,31). The van der Waals surface area contributed by atoms with Crippen LogP contribution in [0.1, 0.15) is 58.8 Å². The van der Waals surface area contributed by atoms with E-state index in [9.17, 15) is 28.7 Å². The molecule has 2 aromatic rings. The third kappa shape index (κ3) is 5.56. The molecule has 0 spiro atoms. The van der Waals surface area contributed by atoms with Crippen molar-refractivity contribution in [3.8, 4) is 0 Å². The van der Waals surface area contributed by atoms with E-state index in [1.54, 1.807) is 30.0 Å². The molecule has 0 aliphatic carbocycles. The molecule has 1 saturated heterocycles. The van der Waals surface area contributed by atoms with Crippen LogP contribution in [-0.2, 0) is 23.9 Å². The molecule has 1 heterocycles. The van der Waals surface area contributed by atoms with Gasteiger partial charge < -0.3 is 14.6 Å². The van der Waals surface area contributed by atoms with E-state index in [1.165, 1.54) is 43.8 Å². The second kappa shape index (κ2) is 10.7. The zero-order chi connectivity index (χ0) is 25.0. The van der Waals surface area contributed by atoms with Gasteiger partial charge in [-0.3, -0.25) is 19.3 Å². The Hall–Kier alpha value is -3.40.